The molecule has 3 aliphatic rings. The Hall–Kier alpha value is -3.35. The number of aryl methyl sites for hydroxylation is 1. The van der Waals surface area contributed by atoms with E-state index < -0.39 is 17.8 Å². The number of amides is 1. The molecule has 12 heteroatoms. The maximum atomic E-state index is 15.4. The van der Waals surface area contributed by atoms with Crippen LogP contribution < -0.4 is 5.32 Å². The molecule has 1 N–H and O–H groups in total. The number of ether oxygens (including phenoxy) is 3. The zero-order valence-electron chi connectivity index (χ0n) is 29.8. The number of piperidine rings is 1. The number of rotatable bonds is 14. The standard InChI is InChI=1S/C39H50ClFN4O6/c1-3-49-38(48)27-13-15-30(16-14-27)51-39(45-20-9-10-21-45,44-18-7-4-8-19-44)50-22-17-29(46)23-28-24-33(40)35(25-34(28)41)42-37(47)32-26-43(2)36-12-6-5-11-31(32)36/h5-6,11-12,24-27,30H,3-4,7-10,13-23H2,1-2H3,(H,42,47). The SMILES string of the molecule is CCOC(=O)C1CCC(OC(OCCC(=O)Cc2cc(Cl)c(NC(=O)c3cn(C)c4ccccc34)cc2F)(N2CCCCC2)N2CCCC2)CC1. The van der Waals surface area contributed by atoms with Crippen LogP contribution >= 0.6 is 11.6 Å². The average Bonchev–Trinajstić information content (AvgIpc) is 3.80. The Morgan fingerprint density at radius 2 is 1.63 bits per heavy atom. The predicted octanol–water partition coefficient (Wildman–Crippen LogP) is 7.07. The number of likely N-dealkylation sites (tertiary alicyclic amines) is 2. The van der Waals surface area contributed by atoms with Gasteiger partial charge in [-0.25, -0.2) is 14.2 Å². The predicted molar refractivity (Wildman–Crippen MR) is 194 cm³/mol. The summed E-state index contributed by atoms with van der Waals surface area (Å²) in [5.74, 6) is -1.46. The number of para-hydroxylation sites is 1. The number of halogens is 2. The fraction of sp³-hybridized carbons (Fsp3) is 0.564. The van der Waals surface area contributed by atoms with E-state index in [1.807, 2.05) is 42.8 Å². The summed E-state index contributed by atoms with van der Waals surface area (Å²) in [6, 6.07) is 9.01. The van der Waals surface area contributed by atoms with E-state index in [0.29, 0.717) is 25.0 Å². The molecule has 276 valence electrons. The number of carbonyl (C=O) groups is 3. The van der Waals surface area contributed by atoms with Gasteiger partial charge in [0.2, 0.25) is 0 Å². The number of anilines is 1. The van der Waals surface area contributed by atoms with E-state index in [4.69, 9.17) is 25.8 Å². The lowest BCUT2D eigenvalue weighted by atomic mass is 9.87. The minimum atomic E-state index is -1.10. The Morgan fingerprint density at radius 3 is 2.31 bits per heavy atom. The molecule has 1 saturated carbocycles. The lowest BCUT2D eigenvalue weighted by Crippen LogP contribution is -2.65. The molecule has 1 aromatic heterocycles. The molecule has 1 aliphatic carbocycles. The Kier molecular flexibility index (Phi) is 12.5. The second kappa shape index (κ2) is 17.0. The highest BCUT2D eigenvalue weighted by Gasteiger charge is 2.49. The smallest absolute Gasteiger partial charge is 0.308 e. The van der Waals surface area contributed by atoms with Crippen molar-refractivity contribution in [1.82, 2.24) is 14.4 Å². The van der Waals surface area contributed by atoms with E-state index in [-0.39, 0.29) is 59.5 Å². The summed E-state index contributed by atoms with van der Waals surface area (Å²) in [5, 5.41) is 3.66. The van der Waals surface area contributed by atoms with Gasteiger partial charge in [-0.05, 0) is 82.1 Å². The molecule has 2 aliphatic heterocycles. The average molecular weight is 725 g/mol. The molecule has 2 saturated heterocycles. The van der Waals surface area contributed by atoms with E-state index >= 15 is 4.39 Å². The van der Waals surface area contributed by atoms with Crippen LogP contribution in [0.1, 0.15) is 87.1 Å². The van der Waals surface area contributed by atoms with E-state index in [2.05, 4.69) is 15.1 Å². The van der Waals surface area contributed by atoms with Crippen molar-refractivity contribution in [1.29, 1.82) is 0 Å². The number of ketones is 1. The number of Topliss-reactive ketones (excluding diaryl/α,β-unsaturated/α-hetero) is 1. The molecule has 3 fully saturated rings. The summed E-state index contributed by atoms with van der Waals surface area (Å²) in [4.78, 5) is 43.4. The molecular formula is C39H50ClFN4O6. The van der Waals surface area contributed by atoms with Crippen LogP contribution in [-0.2, 0) is 37.3 Å². The van der Waals surface area contributed by atoms with E-state index in [9.17, 15) is 14.4 Å². The second-order valence-corrected chi connectivity index (χ2v) is 14.4. The summed E-state index contributed by atoms with van der Waals surface area (Å²) >= 11 is 6.52. The quantitative estimate of drug-likeness (QED) is 0.139. The van der Waals surface area contributed by atoms with Crippen LogP contribution in [0.25, 0.3) is 10.9 Å². The normalized spacial score (nSPS) is 21.4. The molecule has 51 heavy (non-hydrogen) atoms. The van der Waals surface area contributed by atoms with Crippen LogP contribution in [0.2, 0.25) is 5.02 Å². The van der Waals surface area contributed by atoms with Crippen molar-refractivity contribution < 1.29 is 33.0 Å². The highest BCUT2D eigenvalue weighted by atomic mass is 35.5. The van der Waals surface area contributed by atoms with Crippen molar-refractivity contribution in [3.05, 3.63) is 64.6 Å². The van der Waals surface area contributed by atoms with Gasteiger partial charge in [0.1, 0.15) is 11.6 Å². The zero-order valence-corrected chi connectivity index (χ0v) is 30.5. The molecule has 2 aromatic carbocycles. The molecule has 1 unspecified atom stereocenters. The fourth-order valence-corrected chi connectivity index (χ4v) is 8.00. The molecule has 10 nitrogen and oxygen atoms in total. The third kappa shape index (κ3) is 8.66. The van der Waals surface area contributed by atoms with Crippen molar-refractivity contribution >= 4 is 45.9 Å². The minimum absolute atomic E-state index is 0.0685. The summed E-state index contributed by atoms with van der Waals surface area (Å²) in [7, 11) is 1.86. The van der Waals surface area contributed by atoms with Crippen LogP contribution in [0.3, 0.4) is 0 Å². The topological polar surface area (TPSA) is 102 Å². The summed E-state index contributed by atoms with van der Waals surface area (Å²) < 4.78 is 36.2. The number of carbonyl (C=O) groups excluding carboxylic acids is 3. The van der Waals surface area contributed by atoms with Crippen LogP contribution in [-0.4, -0.2) is 83.6 Å². The number of esters is 1. The fourth-order valence-electron chi connectivity index (χ4n) is 7.77. The van der Waals surface area contributed by atoms with Gasteiger partial charge in [-0.15, -0.1) is 0 Å². The number of hydrogen-bond acceptors (Lipinski definition) is 8. The first kappa shape index (κ1) is 37.4. The second-order valence-electron chi connectivity index (χ2n) is 14.0. The van der Waals surface area contributed by atoms with Crippen molar-refractivity contribution in [3.8, 4) is 0 Å². The molecule has 3 aromatic rings. The highest BCUT2D eigenvalue weighted by Crippen LogP contribution is 2.37. The molecule has 1 atom stereocenters. The Bertz CT molecular complexity index is 1700. The lowest BCUT2D eigenvalue weighted by Gasteiger charge is -2.51. The molecule has 0 spiro atoms. The summed E-state index contributed by atoms with van der Waals surface area (Å²) in [6.07, 6.45) is 9.71. The maximum absolute atomic E-state index is 15.4. The van der Waals surface area contributed by atoms with Gasteiger partial charge in [0.05, 0.1) is 41.5 Å². The van der Waals surface area contributed by atoms with Gasteiger partial charge in [-0.1, -0.05) is 36.2 Å². The summed E-state index contributed by atoms with van der Waals surface area (Å²) in [5.41, 5.74) is 1.64. The van der Waals surface area contributed by atoms with Gasteiger partial charge in [0.15, 0.2) is 0 Å². The van der Waals surface area contributed by atoms with Crippen LogP contribution in [0.5, 0.6) is 0 Å². The van der Waals surface area contributed by atoms with Crippen molar-refractivity contribution in [2.24, 2.45) is 13.0 Å². The first-order chi connectivity index (χ1) is 24.7. The zero-order chi connectivity index (χ0) is 36.0. The van der Waals surface area contributed by atoms with Gasteiger partial charge in [-0.3, -0.25) is 14.4 Å². The Labute approximate surface area is 304 Å². The molecule has 6 rings (SSSR count). The number of fused-ring (bicyclic) bond motifs is 1. The third-order valence-corrected chi connectivity index (χ3v) is 10.8. The number of hydrogen-bond donors (Lipinski definition) is 1. The molecule has 0 radical (unpaired) electrons. The van der Waals surface area contributed by atoms with Crippen LogP contribution in [0.4, 0.5) is 10.1 Å². The molecule has 1 amide bonds. The van der Waals surface area contributed by atoms with E-state index in [1.54, 1.807) is 6.20 Å². The number of nitrogens with zero attached hydrogens (tertiary/aromatic N) is 3. The Morgan fingerprint density at radius 1 is 0.961 bits per heavy atom. The minimum Gasteiger partial charge on any atom is -0.466 e. The van der Waals surface area contributed by atoms with Crippen LogP contribution in [0.15, 0.2) is 42.6 Å². The first-order valence-corrected chi connectivity index (χ1v) is 18.9. The number of nitrogens with one attached hydrogen (secondary N) is 1. The van der Waals surface area contributed by atoms with Gasteiger partial charge in [-0.2, -0.15) is 0 Å². The van der Waals surface area contributed by atoms with Gasteiger partial charge in [0.25, 0.3) is 11.9 Å². The maximum Gasteiger partial charge on any atom is 0.308 e. The lowest BCUT2D eigenvalue weighted by molar-refractivity contribution is -0.404. The van der Waals surface area contributed by atoms with Crippen molar-refractivity contribution in [2.75, 3.05) is 44.7 Å². The third-order valence-electron chi connectivity index (χ3n) is 10.5. The van der Waals surface area contributed by atoms with Gasteiger partial charge < -0.3 is 24.1 Å². The Balaban J connectivity index is 1.10. The largest absolute Gasteiger partial charge is 0.466 e. The number of benzene rings is 2. The van der Waals surface area contributed by atoms with Crippen LogP contribution in [0, 0.1) is 11.7 Å². The van der Waals surface area contributed by atoms with E-state index in [1.165, 1.54) is 12.1 Å². The monoisotopic (exact) mass is 724 g/mol. The highest BCUT2D eigenvalue weighted by molar-refractivity contribution is 6.34. The van der Waals surface area contributed by atoms with Gasteiger partial charge >= 0.3 is 5.97 Å². The van der Waals surface area contributed by atoms with Crippen molar-refractivity contribution in [3.63, 3.8) is 0 Å². The number of aromatic nitrogens is 1. The molecular weight excluding hydrogens is 675 g/mol. The first-order valence-electron chi connectivity index (χ1n) is 18.5. The van der Waals surface area contributed by atoms with Crippen molar-refractivity contribution in [2.45, 2.75) is 89.7 Å². The van der Waals surface area contributed by atoms with E-state index in [0.717, 1.165) is 82.0 Å². The molecule has 0 bridgehead atoms. The summed E-state index contributed by atoms with van der Waals surface area (Å²) in [6.45, 7) is 5.63. The molecule has 3 heterocycles. The van der Waals surface area contributed by atoms with Gasteiger partial charge in [0, 0.05) is 63.2 Å².